The fraction of sp³-hybridized carbons (Fsp3) is 0.632. The highest BCUT2D eigenvalue weighted by atomic mass is 32.2. The summed E-state index contributed by atoms with van der Waals surface area (Å²) in [5, 5.41) is 0. The molecule has 0 unspecified atom stereocenters. The number of sulfonamides is 1. The quantitative estimate of drug-likeness (QED) is 0.874. The normalized spacial score (nSPS) is 34.5. The van der Waals surface area contributed by atoms with Crippen LogP contribution in [-0.4, -0.2) is 27.5 Å². The largest absolute Gasteiger partial charge is 0.486 e. The molecule has 6 nitrogen and oxygen atoms in total. The Bertz CT molecular complexity index is 821. The zero-order valence-electron chi connectivity index (χ0n) is 14.5. The fourth-order valence-electron chi connectivity index (χ4n) is 5.80. The van der Waals surface area contributed by atoms with E-state index in [-0.39, 0.29) is 16.7 Å². The number of fused-ring (bicyclic) bond motifs is 1. The highest BCUT2D eigenvalue weighted by Gasteiger charge is 2.51. The summed E-state index contributed by atoms with van der Waals surface area (Å²) < 4.78 is 38.7. The maximum atomic E-state index is 12.9. The van der Waals surface area contributed by atoms with Crippen molar-refractivity contribution in [3.8, 4) is 11.5 Å². The van der Waals surface area contributed by atoms with Gasteiger partial charge in [0.1, 0.15) is 13.2 Å². The van der Waals surface area contributed by atoms with Gasteiger partial charge in [-0.25, -0.2) is 13.1 Å². The van der Waals surface area contributed by atoms with Crippen molar-refractivity contribution in [2.45, 2.75) is 37.0 Å². The molecule has 1 amide bonds. The van der Waals surface area contributed by atoms with Crippen molar-refractivity contribution in [3.05, 3.63) is 18.2 Å². The number of carbonyl (C=O) groups is 1. The maximum absolute atomic E-state index is 12.9. The van der Waals surface area contributed by atoms with Crippen LogP contribution in [0.15, 0.2) is 23.1 Å². The third-order valence-electron chi connectivity index (χ3n) is 6.59. The third kappa shape index (κ3) is 2.68. The molecule has 1 aliphatic heterocycles. The molecule has 1 N–H and O–H groups in total. The molecule has 7 heteroatoms. The number of hydrogen-bond acceptors (Lipinski definition) is 5. The van der Waals surface area contributed by atoms with Gasteiger partial charge < -0.3 is 9.47 Å². The first kappa shape index (κ1) is 16.4. The van der Waals surface area contributed by atoms with Crippen LogP contribution >= 0.6 is 0 Å². The van der Waals surface area contributed by atoms with Gasteiger partial charge in [-0.2, -0.15) is 0 Å². The molecule has 26 heavy (non-hydrogen) atoms. The van der Waals surface area contributed by atoms with Gasteiger partial charge in [0, 0.05) is 12.0 Å². The Kier molecular flexibility index (Phi) is 3.71. The van der Waals surface area contributed by atoms with Crippen molar-refractivity contribution >= 4 is 15.9 Å². The molecule has 0 atom stereocenters. The van der Waals surface area contributed by atoms with Crippen LogP contribution in [-0.2, 0) is 14.8 Å². The molecule has 0 radical (unpaired) electrons. The van der Waals surface area contributed by atoms with Crippen LogP contribution in [0.1, 0.15) is 32.1 Å². The lowest BCUT2D eigenvalue weighted by atomic mass is 9.52. The van der Waals surface area contributed by atoms with Crippen molar-refractivity contribution < 1.29 is 22.7 Å². The first-order valence-electron chi connectivity index (χ1n) is 9.46. The molecular formula is C19H23NO5S. The van der Waals surface area contributed by atoms with E-state index in [0.29, 0.717) is 36.5 Å². The number of amides is 1. The van der Waals surface area contributed by atoms with Crippen LogP contribution in [0.5, 0.6) is 11.5 Å². The van der Waals surface area contributed by atoms with Gasteiger partial charge in [-0.15, -0.1) is 0 Å². The lowest BCUT2D eigenvalue weighted by molar-refractivity contribution is -0.136. The average Bonchev–Trinajstić information content (AvgIpc) is 2.60. The van der Waals surface area contributed by atoms with Gasteiger partial charge in [-0.1, -0.05) is 0 Å². The Morgan fingerprint density at radius 2 is 1.54 bits per heavy atom. The number of carbonyl (C=O) groups excluding carboxylic acids is 1. The van der Waals surface area contributed by atoms with Gasteiger partial charge in [0.15, 0.2) is 11.5 Å². The minimum atomic E-state index is -3.91. The van der Waals surface area contributed by atoms with Crippen LogP contribution < -0.4 is 14.2 Å². The van der Waals surface area contributed by atoms with Crippen molar-refractivity contribution in [1.29, 1.82) is 0 Å². The maximum Gasteiger partial charge on any atom is 0.264 e. The monoisotopic (exact) mass is 377 g/mol. The molecule has 1 aromatic carbocycles. The molecule has 4 bridgehead atoms. The second-order valence-corrected chi connectivity index (χ2v) is 9.91. The molecule has 5 aliphatic rings. The van der Waals surface area contributed by atoms with E-state index in [2.05, 4.69) is 4.72 Å². The van der Waals surface area contributed by atoms with Gasteiger partial charge in [0.25, 0.3) is 10.0 Å². The molecule has 0 aromatic heterocycles. The first-order chi connectivity index (χ1) is 12.5. The van der Waals surface area contributed by atoms with Crippen molar-refractivity contribution in [3.63, 3.8) is 0 Å². The minimum absolute atomic E-state index is 0.0407. The predicted molar refractivity (Wildman–Crippen MR) is 93.3 cm³/mol. The summed E-state index contributed by atoms with van der Waals surface area (Å²) in [5.74, 6) is 2.64. The second kappa shape index (κ2) is 5.87. The zero-order valence-corrected chi connectivity index (χ0v) is 15.3. The molecule has 4 fully saturated rings. The molecular weight excluding hydrogens is 354 g/mol. The van der Waals surface area contributed by atoms with Crippen molar-refractivity contribution in [2.24, 2.45) is 29.6 Å². The molecule has 140 valence electrons. The van der Waals surface area contributed by atoms with E-state index in [1.165, 1.54) is 18.6 Å². The minimum Gasteiger partial charge on any atom is -0.486 e. The lowest BCUT2D eigenvalue weighted by Crippen LogP contribution is -2.51. The highest BCUT2D eigenvalue weighted by molar-refractivity contribution is 7.90. The number of nitrogens with one attached hydrogen (secondary N) is 1. The Labute approximate surface area is 153 Å². The van der Waals surface area contributed by atoms with E-state index in [1.54, 1.807) is 6.07 Å². The zero-order chi connectivity index (χ0) is 17.9. The van der Waals surface area contributed by atoms with Crippen LogP contribution in [0, 0.1) is 29.6 Å². The molecule has 1 heterocycles. The van der Waals surface area contributed by atoms with Gasteiger partial charge in [-0.3, -0.25) is 4.79 Å². The predicted octanol–water partition coefficient (Wildman–Crippen LogP) is 2.33. The Hall–Kier alpha value is -1.76. The topological polar surface area (TPSA) is 81.7 Å². The molecule has 6 rings (SSSR count). The number of hydrogen-bond donors (Lipinski definition) is 1. The molecule has 1 aromatic rings. The van der Waals surface area contributed by atoms with Crippen LogP contribution in [0.2, 0.25) is 0 Å². The number of benzene rings is 1. The van der Waals surface area contributed by atoms with E-state index in [1.807, 2.05) is 0 Å². The lowest BCUT2D eigenvalue weighted by Gasteiger charge is -2.53. The van der Waals surface area contributed by atoms with Gasteiger partial charge in [0.2, 0.25) is 5.91 Å². The van der Waals surface area contributed by atoms with Crippen LogP contribution in [0.3, 0.4) is 0 Å². The smallest absolute Gasteiger partial charge is 0.264 e. The van der Waals surface area contributed by atoms with E-state index < -0.39 is 10.0 Å². The second-order valence-electron chi connectivity index (χ2n) is 8.23. The summed E-state index contributed by atoms with van der Waals surface area (Å²) in [4.78, 5) is 12.9. The fourth-order valence-corrected chi connectivity index (χ4v) is 6.83. The summed E-state index contributed by atoms with van der Waals surface area (Å²) >= 11 is 0. The van der Waals surface area contributed by atoms with Gasteiger partial charge >= 0.3 is 0 Å². The number of ether oxygens (including phenoxy) is 2. The van der Waals surface area contributed by atoms with Crippen molar-refractivity contribution in [2.75, 3.05) is 13.2 Å². The van der Waals surface area contributed by atoms with Gasteiger partial charge in [0.05, 0.1) is 4.90 Å². The summed E-state index contributed by atoms with van der Waals surface area (Å²) in [7, 11) is -3.91. The Morgan fingerprint density at radius 1 is 0.923 bits per heavy atom. The highest BCUT2D eigenvalue weighted by Crippen LogP contribution is 2.56. The summed E-state index contributed by atoms with van der Waals surface area (Å²) in [6.45, 7) is 0.832. The number of rotatable bonds is 3. The standard InChI is InChI=1S/C19H23NO5S/c21-19(18-13-6-11-5-12(8-13)9-14(18)7-11)20-26(22,23)15-1-2-16-17(10-15)25-4-3-24-16/h1-2,10-14,18H,3-9H2,(H,20,21). The van der Waals surface area contributed by atoms with Crippen LogP contribution in [0.4, 0.5) is 0 Å². The molecule has 4 aliphatic carbocycles. The Balaban J connectivity index is 1.36. The van der Waals surface area contributed by atoms with Crippen LogP contribution in [0.25, 0.3) is 0 Å². The summed E-state index contributed by atoms with van der Waals surface area (Å²) in [6.07, 6.45) is 5.62. The summed E-state index contributed by atoms with van der Waals surface area (Å²) in [5.41, 5.74) is 0. The van der Waals surface area contributed by atoms with E-state index in [4.69, 9.17) is 9.47 Å². The average molecular weight is 377 g/mol. The third-order valence-corrected chi connectivity index (χ3v) is 7.93. The molecule has 0 spiro atoms. The van der Waals surface area contributed by atoms with E-state index >= 15 is 0 Å². The van der Waals surface area contributed by atoms with E-state index in [0.717, 1.165) is 37.5 Å². The summed E-state index contributed by atoms with van der Waals surface area (Å²) in [6, 6.07) is 4.47. The van der Waals surface area contributed by atoms with E-state index in [9.17, 15) is 13.2 Å². The van der Waals surface area contributed by atoms with Crippen molar-refractivity contribution in [1.82, 2.24) is 4.72 Å². The Morgan fingerprint density at radius 3 is 2.19 bits per heavy atom. The molecule has 4 saturated carbocycles. The molecule has 0 saturated heterocycles. The first-order valence-corrected chi connectivity index (χ1v) is 10.9. The van der Waals surface area contributed by atoms with Gasteiger partial charge in [-0.05, 0) is 67.9 Å². The SMILES string of the molecule is O=C(NS(=O)(=O)c1ccc2c(c1)OCCO2)C1C2CC3CC(C2)CC1C3.